The first-order valence-corrected chi connectivity index (χ1v) is 11.3. The maximum atomic E-state index is 13.3. The second-order valence-corrected chi connectivity index (χ2v) is 9.12. The van der Waals surface area contributed by atoms with Crippen LogP contribution in [0.25, 0.3) is 0 Å². The number of hydrogen-bond donors (Lipinski definition) is 0. The Bertz CT molecular complexity index is 1230. The minimum atomic E-state index is -4.42. The molecule has 6 nitrogen and oxygen atoms in total. The Kier molecular flexibility index (Phi) is 5.47. The first-order valence-electron chi connectivity index (χ1n) is 10.4. The SMILES string of the molecule is O=C1N(c2ccc(SC(F)(F)F)cc2)C(=O)C2(CC2)N1Cc1ccncc1Oc1ccccc1. The highest BCUT2D eigenvalue weighted by Crippen LogP contribution is 2.50. The molecular formula is C24H18F3N3O3S. The molecule has 0 bridgehead atoms. The van der Waals surface area contributed by atoms with Crippen molar-refractivity contribution in [3.05, 3.63) is 78.6 Å². The van der Waals surface area contributed by atoms with E-state index in [1.807, 2.05) is 18.2 Å². The van der Waals surface area contributed by atoms with Crippen LogP contribution in [0.1, 0.15) is 18.4 Å². The van der Waals surface area contributed by atoms with E-state index >= 15 is 0 Å². The molecule has 0 atom stereocenters. The monoisotopic (exact) mass is 485 g/mol. The number of aromatic nitrogens is 1. The van der Waals surface area contributed by atoms with Crippen LogP contribution in [0.15, 0.2) is 78.0 Å². The normalized spacial score (nSPS) is 16.9. The molecule has 1 saturated heterocycles. The lowest BCUT2D eigenvalue weighted by Crippen LogP contribution is -2.36. The van der Waals surface area contributed by atoms with Crippen LogP contribution in [-0.4, -0.2) is 32.9 Å². The lowest BCUT2D eigenvalue weighted by Gasteiger charge is -2.22. The van der Waals surface area contributed by atoms with E-state index in [0.717, 1.165) is 4.90 Å². The summed E-state index contributed by atoms with van der Waals surface area (Å²) in [7, 11) is 0. The van der Waals surface area contributed by atoms with Crippen molar-refractivity contribution in [2.75, 3.05) is 4.90 Å². The fourth-order valence-electron chi connectivity index (χ4n) is 3.98. The fraction of sp³-hybridized carbons (Fsp3) is 0.208. The Balaban J connectivity index is 1.39. The van der Waals surface area contributed by atoms with Crippen molar-refractivity contribution in [1.82, 2.24) is 9.88 Å². The number of amides is 3. The van der Waals surface area contributed by atoms with E-state index in [2.05, 4.69) is 4.98 Å². The zero-order valence-corrected chi connectivity index (χ0v) is 18.5. The zero-order chi connectivity index (χ0) is 23.9. The molecule has 3 amide bonds. The molecule has 34 heavy (non-hydrogen) atoms. The van der Waals surface area contributed by atoms with Crippen LogP contribution >= 0.6 is 11.8 Å². The number of nitrogens with zero attached hydrogens (tertiary/aromatic N) is 3. The summed E-state index contributed by atoms with van der Waals surface area (Å²) in [6.45, 7) is 0.133. The fourth-order valence-corrected chi connectivity index (χ4v) is 4.52. The van der Waals surface area contributed by atoms with Gasteiger partial charge in [0.25, 0.3) is 5.91 Å². The average molecular weight is 485 g/mol. The van der Waals surface area contributed by atoms with Crippen molar-refractivity contribution in [3.63, 3.8) is 0 Å². The molecule has 0 unspecified atom stereocenters. The summed E-state index contributed by atoms with van der Waals surface area (Å²) in [6.07, 6.45) is 4.19. The molecule has 5 rings (SSSR count). The largest absolute Gasteiger partial charge is 0.455 e. The van der Waals surface area contributed by atoms with Gasteiger partial charge in [0, 0.05) is 16.7 Å². The number of rotatable bonds is 6. The molecule has 2 fully saturated rings. The van der Waals surface area contributed by atoms with E-state index in [1.54, 1.807) is 30.6 Å². The summed E-state index contributed by atoms with van der Waals surface area (Å²) < 4.78 is 43.8. The molecule has 174 valence electrons. The highest BCUT2D eigenvalue weighted by Gasteiger charge is 2.65. The van der Waals surface area contributed by atoms with Gasteiger partial charge in [-0.1, -0.05) is 18.2 Å². The number of para-hydroxylation sites is 1. The van der Waals surface area contributed by atoms with E-state index in [0.29, 0.717) is 29.9 Å². The van der Waals surface area contributed by atoms with Crippen LogP contribution in [0, 0.1) is 0 Å². The van der Waals surface area contributed by atoms with Gasteiger partial charge in [0.15, 0.2) is 5.75 Å². The number of thioether (sulfide) groups is 1. The Labute approximate surface area is 197 Å². The molecule has 0 radical (unpaired) electrons. The zero-order valence-electron chi connectivity index (χ0n) is 17.7. The summed E-state index contributed by atoms with van der Waals surface area (Å²) in [5.41, 5.74) is -4.43. The Morgan fingerprint density at radius 1 is 1.00 bits per heavy atom. The van der Waals surface area contributed by atoms with Gasteiger partial charge in [-0.15, -0.1) is 0 Å². The third-order valence-electron chi connectivity index (χ3n) is 5.76. The van der Waals surface area contributed by atoms with Crippen LogP contribution in [-0.2, 0) is 11.3 Å². The van der Waals surface area contributed by atoms with E-state index in [4.69, 9.17) is 4.74 Å². The quantitative estimate of drug-likeness (QED) is 0.317. The van der Waals surface area contributed by atoms with Crippen LogP contribution < -0.4 is 9.64 Å². The topological polar surface area (TPSA) is 62.7 Å². The number of pyridine rings is 1. The third kappa shape index (κ3) is 4.21. The number of imide groups is 1. The lowest BCUT2D eigenvalue weighted by molar-refractivity contribution is -0.120. The Morgan fingerprint density at radius 3 is 2.35 bits per heavy atom. The van der Waals surface area contributed by atoms with Gasteiger partial charge in [0.05, 0.1) is 18.4 Å². The molecule has 1 spiro atoms. The molecule has 0 N–H and O–H groups in total. The molecule has 2 heterocycles. The number of halogens is 3. The standard InChI is InChI=1S/C24H18F3N3O3S/c25-24(26,27)34-19-8-6-17(7-9-19)30-21(31)23(11-12-23)29(22(30)32)15-16-10-13-28-14-20(16)33-18-4-2-1-3-5-18/h1-10,13-14H,11-12,15H2. The maximum absolute atomic E-state index is 13.3. The number of ether oxygens (including phenoxy) is 1. The van der Waals surface area contributed by atoms with Gasteiger partial charge < -0.3 is 9.64 Å². The molecule has 1 aliphatic heterocycles. The number of carbonyl (C=O) groups is 2. The van der Waals surface area contributed by atoms with Crippen molar-refractivity contribution < 1.29 is 27.5 Å². The summed E-state index contributed by atoms with van der Waals surface area (Å²) in [6, 6.07) is 15.6. The molecule has 2 aromatic carbocycles. The highest BCUT2D eigenvalue weighted by atomic mass is 32.2. The van der Waals surface area contributed by atoms with Gasteiger partial charge in [0.2, 0.25) is 0 Å². The Morgan fingerprint density at radius 2 is 1.71 bits per heavy atom. The van der Waals surface area contributed by atoms with E-state index in [-0.39, 0.29) is 34.8 Å². The Hall–Kier alpha value is -3.53. The molecule has 1 aliphatic carbocycles. The van der Waals surface area contributed by atoms with Gasteiger partial charge in [-0.05, 0) is 67.1 Å². The summed E-state index contributed by atoms with van der Waals surface area (Å²) in [5, 5.41) is 0. The highest BCUT2D eigenvalue weighted by molar-refractivity contribution is 8.00. The third-order valence-corrected chi connectivity index (χ3v) is 6.50. The second-order valence-electron chi connectivity index (χ2n) is 7.98. The van der Waals surface area contributed by atoms with Crippen molar-refractivity contribution in [2.24, 2.45) is 0 Å². The van der Waals surface area contributed by atoms with E-state index < -0.39 is 17.1 Å². The first kappa shape index (κ1) is 22.3. The summed E-state index contributed by atoms with van der Waals surface area (Å²) in [4.78, 5) is 33.2. The van der Waals surface area contributed by atoms with Crippen LogP contribution in [0.3, 0.4) is 0 Å². The molecular weight excluding hydrogens is 467 g/mol. The van der Waals surface area contributed by atoms with E-state index in [9.17, 15) is 22.8 Å². The van der Waals surface area contributed by atoms with Gasteiger partial charge in [-0.2, -0.15) is 13.2 Å². The molecule has 3 aromatic rings. The van der Waals surface area contributed by atoms with Crippen molar-refractivity contribution >= 4 is 29.4 Å². The molecule has 10 heteroatoms. The second kappa shape index (κ2) is 8.35. The van der Waals surface area contributed by atoms with Crippen LogP contribution in [0.2, 0.25) is 0 Å². The van der Waals surface area contributed by atoms with Gasteiger partial charge >= 0.3 is 11.5 Å². The first-order chi connectivity index (χ1) is 16.3. The molecule has 1 aromatic heterocycles. The van der Waals surface area contributed by atoms with Crippen molar-refractivity contribution in [3.8, 4) is 11.5 Å². The average Bonchev–Trinajstić information content (AvgIpc) is 3.58. The number of anilines is 1. The van der Waals surface area contributed by atoms with Crippen LogP contribution in [0.5, 0.6) is 11.5 Å². The smallest absolute Gasteiger partial charge is 0.446 e. The summed E-state index contributed by atoms with van der Waals surface area (Å²) >= 11 is -0.248. The minimum absolute atomic E-state index is 0.0205. The number of hydrogen-bond acceptors (Lipinski definition) is 5. The van der Waals surface area contributed by atoms with Gasteiger partial charge in [-0.25, -0.2) is 9.69 Å². The van der Waals surface area contributed by atoms with Crippen LogP contribution in [0.4, 0.5) is 23.7 Å². The number of carbonyl (C=O) groups excluding carboxylic acids is 2. The summed E-state index contributed by atoms with van der Waals surface area (Å²) in [5.74, 6) is 0.713. The molecule has 1 saturated carbocycles. The predicted octanol–water partition coefficient (Wildman–Crippen LogP) is 5.99. The van der Waals surface area contributed by atoms with Crippen molar-refractivity contribution in [2.45, 2.75) is 35.3 Å². The van der Waals surface area contributed by atoms with Gasteiger partial charge in [0.1, 0.15) is 11.3 Å². The lowest BCUT2D eigenvalue weighted by atomic mass is 10.2. The van der Waals surface area contributed by atoms with E-state index in [1.165, 1.54) is 29.2 Å². The minimum Gasteiger partial charge on any atom is -0.455 e. The maximum Gasteiger partial charge on any atom is 0.446 e. The van der Waals surface area contributed by atoms with Gasteiger partial charge in [-0.3, -0.25) is 9.78 Å². The predicted molar refractivity (Wildman–Crippen MR) is 119 cm³/mol. The van der Waals surface area contributed by atoms with Crippen molar-refractivity contribution in [1.29, 1.82) is 0 Å². The number of urea groups is 1. The number of benzene rings is 2. The molecule has 2 aliphatic rings. The number of alkyl halides is 3.